The summed E-state index contributed by atoms with van der Waals surface area (Å²) >= 11 is 4.03. The molecule has 0 bridgehead atoms. The van der Waals surface area contributed by atoms with E-state index in [1.807, 2.05) is 0 Å². The van der Waals surface area contributed by atoms with Crippen molar-refractivity contribution in [2.24, 2.45) is 35.0 Å². The van der Waals surface area contributed by atoms with Crippen molar-refractivity contribution in [1.29, 1.82) is 0 Å². The van der Waals surface area contributed by atoms with E-state index >= 15 is 0 Å². The monoisotopic (exact) mass is 1020 g/mol. The minimum Gasteiger partial charge on any atom is -0.508 e. The number of carbonyl (C=O) groups is 11. The lowest BCUT2D eigenvalue weighted by molar-refractivity contribution is -0.143. The Morgan fingerprint density at radius 1 is 0.606 bits per heavy atom. The Kier molecular flexibility index (Phi) is 27.8. The highest BCUT2D eigenvalue weighted by molar-refractivity contribution is 7.80. The van der Waals surface area contributed by atoms with Crippen LogP contribution in [0.25, 0.3) is 0 Å². The van der Waals surface area contributed by atoms with Crippen molar-refractivity contribution in [3.8, 4) is 5.75 Å². The maximum atomic E-state index is 13.8. The molecule has 25 nitrogen and oxygen atoms in total. The number of carboxylic acid groups (broad SMARTS) is 2. The lowest BCUT2D eigenvalue weighted by Crippen LogP contribution is -2.60. The second kappa shape index (κ2) is 31.6. The Morgan fingerprint density at radius 3 is 1.63 bits per heavy atom. The average Bonchev–Trinajstić information content (AvgIpc) is 3.28. The molecule has 398 valence electrons. The fourth-order valence-corrected chi connectivity index (χ4v) is 6.91. The molecule has 9 amide bonds. The molecule has 0 fully saturated rings. The molecule has 1 aromatic rings. The van der Waals surface area contributed by atoms with Gasteiger partial charge in [-0.3, -0.25) is 47.9 Å². The number of amides is 9. The number of hydrogen-bond donors (Lipinski definition) is 15. The molecule has 17 N–H and O–H groups in total. The third kappa shape index (κ3) is 23.8. The highest BCUT2D eigenvalue weighted by Gasteiger charge is 2.35. The van der Waals surface area contributed by atoms with Crippen LogP contribution < -0.4 is 59.7 Å². The molecule has 0 aromatic heterocycles. The summed E-state index contributed by atoms with van der Waals surface area (Å²) in [5.74, 6) is -12.5. The molecular weight excluding hydrogens is 951 g/mol. The van der Waals surface area contributed by atoms with E-state index in [4.69, 9.17) is 17.2 Å². The Balaban J connectivity index is 3.33. The summed E-state index contributed by atoms with van der Waals surface area (Å²) < 4.78 is 0. The summed E-state index contributed by atoms with van der Waals surface area (Å²) in [5.41, 5.74) is 17.3. The first-order valence-electron chi connectivity index (χ1n) is 23.2. The standard InChI is InChI=1S/C45H73N11O14S/c1-22(2)17-30(53-38(62)27(47)21-71)42(66)54-31(18-25-10-12-26(57)13-11-25)39(63)49-20-34(59)50-32(19-33(48)58)43(67)55-36(23(3)4)44(68)52-29(14-15-35(60)61)40(64)51-28(9-7-8-16-46)41(65)56-37(24(5)6)45(69)70/h10-13,22-24,27-32,36-37,57,71H,7-9,14-21,46-47H2,1-6H3,(H2,48,58)(H,49,63)(H,50,59)(H,51,64)(H,52,68)(H,53,62)(H,54,66)(H,55,67)(H,56,65)(H,60,61)(H,69,70)/t27-,28-,29-,30-,31-,32-,36-,37-/m0/s1. The van der Waals surface area contributed by atoms with Gasteiger partial charge in [-0.2, -0.15) is 12.6 Å². The fraction of sp³-hybridized carbons (Fsp3) is 0.622. The van der Waals surface area contributed by atoms with Gasteiger partial charge in [0.25, 0.3) is 0 Å². The molecule has 0 spiro atoms. The van der Waals surface area contributed by atoms with Gasteiger partial charge in [0.1, 0.15) is 48.0 Å². The number of phenols is 1. The molecule has 1 rings (SSSR count). The van der Waals surface area contributed by atoms with Crippen molar-refractivity contribution in [2.75, 3.05) is 18.8 Å². The van der Waals surface area contributed by atoms with Crippen LogP contribution >= 0.6 is 12.6 Å². The number of primary amides is 1. The van der Waals surface area contributed by atoms with Gasteiger partial charge < -0.3 is 75.1 Å². The highest BCUT2D eigenvalue weighted by Crippen LogP contribution is 2.14. The minimum absolute atomic E-state index is 0.00397. The Bertz CT molecular complexity index is 2010. The van der Waals surface area contributed by atoms with Gasteiger partial charge in [-0.05, 0) is 74.1 Å². The van der Waals surface area contributed by atoms with Crippen LogP contribution in [0.1, 0.15) is 92.1 Å². The van der Waals surface area contributed by atoms with E-state index < -0.39 is 151 Å². The van der Waals surface area contributed by atoms with Gasteiger partial charge >= 0.3 is 11.9 Å². The Labute approximate surface area is 417 Å². The van der Waals surface area contributed by atoms with Crippen LogP contribution in [-0.2, 0) is 59.2 Å². The molecule has 0 aliphatic heterocycles. The molecule has 0 saturated heterocycles. The highest BCUT2D eigenvalue weighted by atomic mass is 32.1. The third-order valence-electron chi connectivity index (χ3n) is 10.7. The number of aliphatic carboxylic acids is 2. The normalized spacial score (nSPS) is 14.5. The van der Waals surface area contributed by atoms with Gasteiger partial charge in [-0.1, -0.05) is 53.7 Å². The largest absolute Gasteiger partial charge is 0.508 e. The predicted molar refractivity (Wildman–Crippen MR) is 261 cm³/mol. The van der Waals surface area contributed by atoms with Crippen LogP contribution in [0.3, 0.4) is 0 Å². The van der Waals surface area contributed by atoms with Gasteiger partial charge in [0.15, 0.2) is 0 Å². The number of carboxylic acids is 2. The van der Waals surface area contributed by atoms with Gasteiger partial charge in [0.05, 0.1) is 19.0 Å². The predicted octanol–water partition coefficient (Wildman–Crippen LogP) is -2.99. The number of benzene rings is 1. The minimum atomic E-state index is -1.73. The quantitative estimate of drug-likeness (QED) is 0.0247. The van der Waals surface area contributed by atoms with Crippen molar-refractivity contribution >= 4 is 77.7 Å². The zero-order valence-corrected chi connectivity index (χ0v) is 41.8. The summed E-state index contributed by atoms with van der Waals surface area (Å²) in [6.45, 7) is 9.17. The fourth-order valence-electron chi connectivity index (χ4n) is 6.75. The van der Waals surface area contributed by atoms with E-state index in [0.29, 0.717) is 18.4 Å². The molecule has 0 heterocycles. The molecule has 8 atom stereocenters. The zero-order chi connectivity index (χ0) is 54.1. The average molecular weight is 1020 g/mol. The molecule has 71 heavy (non-hydrogen) atoms. The summed E-state index contributed by atoms with van der Waals surface area (Å²) in [6, 6.07) is -5.31. The first-order valence-corrected chi connectivity index (χ1v) is 23.8. The topological polar surface area (TPSA) is 423 Å². The number of hydrogen-bond acceptors (Lipinski definition) is 15. The van der Waals surface area contributed by atoms with Crippen LogP contribution in [0.2, 0.25) is 0 Å². The molecule has 0 unspecified atom stereocenters. The molecule has 0 aliphatic carbocycles. The number of thiol groups is 1. The van der Waals surface area contributed by atoms with Gasteiger partial charge in [0, 0.05) is 18.6 Å². The van der Waals surface area contributed by atoms with E-state index in [2.05, 4.69) is 55.2 Å². The van der Waals surface area contributed by atoms with Crippen molar-refractivity contribution in [1.82, 2.24) is 42.5 Å². The van der Waals surface area contributed by atoms with Gasteiger partial charge in [0.2, 0.25) is 53.2 Å². The molecule has 0 aliphatic rings. The lowest BCUT2D eigenvalue weighted by atomic mass is 10.0. The second-order valence-electron chi connectivity index (χ2n) is 18.1. The number of phenolic OH excluding ortho intramolecular Hbond substituents is 1. The van der Waals surface area contributed by atoms with Crippen LogP contribution in [0.4, 0.5) is 0 Å². The number of rotatable bonds is 33. The van der Waals surface area contributed by atoms with Crippen molar-refractivity contribution in [2.45, 2.75) is 141 Å². The van der Waals surface area contributed by atoms with Crippen LogP contribution in [-0.4, -0.2) is 148 Å². The summed E-state index contributed by atoms with van der Waals surface area (Å²) in [6.07, 6.45) is -1.15. The smallest absolute Gasteiger partial charge is 0.326 e. The third-order valence-corrected chi connectivity index (χ3v) is 11.1. The number of nitrogens with one attached hydrogen (secondary N) is 8. The molecule has 1 aromatic carbocycles. The van der Waals surface area contributed by atoms with Gasteiger partial charge in [-0.15, -0.1) is 0 Å². The number of nitrogens with two attached hydrogens (primary N) is 3. The number of carbonyl (C=O) groups excluding carboxylic acids is 9. The summed E-state index contributed by atoms with van der Waals surface area (Å²) in [4.78, 5) is 143. The number of aromatic hydroxyl groups is 1. The second-order valence-corrected chi connectivity index (χ2v) is 18.4. The summed E-state index contributed by atoms with van der Waals surface area (Å²) in [7, 11) is 0. The maximum absolute atomic E-state index is 13.8. The van der Waals surface area contributed by atoms with Crippen molar-refractivity contribution < 1.29 is 68.1 Å². The lowest BCUT2D eigenvalue weighted by Gasteiger charge is -2.28. The Morgan fingerprint density at radius 2 is 1.11 bits per heavy atom. The molecule has 0 radical (unpaired) electrons. The number of unbranched alkanes of at least 4 members (excludes halogenated alkanes) is 1. The first-order chi connectivity index (χ1) is 33.2. The van der Waals surface area contributed by atoms with Crippen molar-refractivity contribution in [3.05, 3.63) is 29.8 Å². The van der Waals surface area contributed by atoms with E-state index in [1.165, 1.54) is 38.1 Å². The van der Waals surface area contributed by atoms with E-state index in [0.717, 1.165) is 0 Å². The Hall–Kier alpha value is -6.54. The molecular formula is C45H73N11O14S. The van der Waals surface area contributed by atoms with Crippen molar-refractivity contribution in [3.63, 3.8) is 0 Å². The van der Waals surface area contributed by atoms with Crippen LogP contribution in [0, 0.1) is 17.8 Å². The summed E-state index contributed by atoms with van der Waals surface area (Å²) in [5, 5.41) is 48.3. The van der Waals surface area contributed by atoms with E-state index in [1.54, 1.807) is 27.7 Å². The van der Waals surface area contributed by atoms with E-state index in [9.17, 15) is 68.1 Å². The van der Waals surface area contributed by atoms with Crippen LogP contribution in [0.5, 0.6) is 5.75 Å². The zero-order valence-electron chi connectivity index (χ0n) is 41.0. The first kappa shape index (κ1) is 62.5. The SMILES string of the molecule is CC(C)C[C@H](NC(=O)[C@@H](N)CS)C(=O)N[C@@H](Cc1ccc(O)cc1)C(=O)NCC(=O)N[C@@H](CC(N)=O)C(=O)N[C@H](C(=O)N[C@@H](CCC(=O)O)C(=O)N[C@@H](CCCCN)C(=O)N[C@H](C(=O)O)C(C)C)C(C)C. The van der Waals surface area contributed by atoms with Crippen LogP contribution in [0.15, 0.2) is 24.3 Å². The maximum Gasteiger partial charge on any atom is 0.326 e. The van der Waals surface area contributed by atoms with E-state index in [-0.39, 0.29) is 43.2 Å². The molecule has 0 saturated carbocycles. The van der Waals surface area contributed by atoms with Gasteiger partial charge in [-0.25, -0.2) is 4.79 Å². The molecule has 26 heteroatoms.